The second-order valence-electron chi connectivity index (χ2n) is 15.4. The first-order chi connectivity index (χ1) is 24.9. The third-order valence-electron chi connectivity index (χ3n) is 11.2. The molecular weight excluding hydrogens is 673 g/mol. The van der Waals surface area contributed by atoms with Gasteiger partial charge in [-0.15, -0.1) is 22.7 Å². The summed E-state index contributed by atoms with van der Waals surface area (Å²) in [6.07, 6.45) is 0. The fourth-order valence-electron chi connectivity index (χ4n) is 8.62. The van der Waals surface area contributed by atoms with Crippen molar-refractivity contribution in [3.8, 4) is 22.3 Å². The van der Waals surface area contributed by atoms with Crippen LogP contribution in [0.25, 0.3) is 22.3 Å². The second kappa shape index (κ2) is 11.7. The highest BCUT2D eigenvalue weighted by molar-refractivity contribution is 7.14. The zero-order valence-corrected chi connectivity index (χ0v) is 32.6. The van der Waals surface area contributed by atoms with Crippen LogP contribution >= 0.6 is 22.7 Å². The molecule has 0 atom stereocenters. The molecule has 0 unspecified atom stereocenters. The second-order valence-corrected chi connectivity index (χ2v) is 17.1. The van der Waals surface area contributed by atoms with E-state index in [1.54, 1.807) is 22.7 Å². The summed E-state index contributed by atoms with van der Waals surface area (Å²) in [4.78, 5) is 14.5. The maximum absolute atomic E-state index is 4.94. The van der Waals surface area contributed by atoms with E-state index in [0.29, 0.717) is 0 Å². The largest absolute Gasteiger partial charge is 0.286 e. The molecule has 0 amide bonds. The number of anilines is 6. The predicted molar refractivity (Wildman–Crippen MR) is 221 cm³/mol. The van der Waals surface area contributed by atoms with E-state index in [-0.39, 0.29) is 10.8 Å². The monoisotopic (exact) mass is 714 g/mol. The minimum Gasteiger partial charge on any atom is -0.286 e. The Morgan fingerprint density at radius 3 is 1.19 bits per heavy atom. The molecule has 0 bridgehead atoms. The number of hydrogen-bond acceptors (Lipinski definition) is 6. The summed E-state index contributed by atoms with van der Waals surface area (Å²) in [5.74, 6) is 0. The molecule has 0 saturated heterocycles. The van der Waals surface area contributed by atoms with Crippen LogP contribution < -0.4 is 9.80 Å². The molecule has 2 aliphatic carbocycles. The van der Waals surface area contributed by atoms with E-state index >= 15 is 0 Å². The fourth-order valence-corrected chi connectivity index (χ4v) is 10.3. The van der Waals surface area contributed by atoms with Gasteiger partial charge < -0.3 is 0 Å². The van der Waals surface area contributed by atoms with Crippen molar-refractivity contribution in [2.24, 2.45) is 0 Å². The molecular formula is C46H42N4S2. The van der Waals surface area contributed by atoms with Crippen LogP contribution in [0.15, 0.2) is 108 Å². The molecule has 52 heavy (non-hydrogen) atoms. The Bertz CT molecular complexity index is 2350. The zero-order chi connectivity index (χ0) is 36.1. The van der Waals surface area contributed by atoms with Gasteiger partial charge in [0.25, 0.3) is 0 Å². The van der Waals surface area contributed by atoms with Gasteiger partial charge in [0.15, 0.2) is 10.3 Å². The van der Waals surface area contributed by atoms with Gasteiger partial charge in [0, 0.05) is 44.3 Å². The Hall–Kier alpha value is -5.04. The van der Waals surface area contributed by atoms with Crippen LogP contribution in [0.5, 0.6) is 0 Å². The van der Waals surface area contributed by atoms with Gasteiger partial charge in [-0.05, 0) is 144 Å². The standard InChI is InChI=1S/C46H42N4S2/c1-27-19-33(49(31-15-11-9-12-16-31)43-47-29(3)25-51-43)21-39-41(27)35-23-38-36(24-37(35)45(39,5)6)42-28(2)20-34(22-40(42)46(38,7)8)50(32-17-13-10-14-18-32)44-48-30(4)26-52-44/h9-26H,1-8H3. The molecule has 9 rings (SSSR count). The number of nitrogens with zero attached hydrogens (tertiary/aromatic N) is 4. The lowest BCUT2D eigenvalue weighted by Crippen LogP contribution is -2.18. The first-order valence-electron chi connectivity index (χ1n) is 18.0. The Labute approximate surface area is 315 Å². The zero-order valence-electron chi connectivity index (χ0n) is 31.0. The van der Waals surface area contributed by atoms with Crippen molar-refractivity contribution in [3.05, 3.63) is 153 Å². The number of para-hydroxylation sites is 2. The highest BCUT2D eigenvalue weighted by atomic mass is 32.1. The lowest BCUT2D eigenvalue weighted by atomic mass is 9.79. The van der Waals surface area contributed by atoms with Crippen LogP contribution in [0.4, 0.5) is 33.0 Å². The maximum atomic E-state index is 4.94. The van der Waals surface area contributed by atoms with Gasteiger partial charge >= 0.3 is 0 Å². The topological polar surface area (TPSA) is 32.3 Å². The van der Waals surface area contributed by atoms with E-state index in [1.165, 1.54) is 55.6 Å². The highest BCUT2D eigenvalue weighted by Crippen LogP contribution is 2.59. The molecule has 0 N–H and O–H groups in total. The molecule has 0 radical (unpaired) electrons. The van der Waals surface area contributed by atoms with E-state index in [9.17, 15) is 0 Å². The number of aryl methyl sites for hydroxylation is 4. The van der Waals surface area contributed by atoms with Crippen molar-refractivity contribution in [1.82, 2.24) is 9.97 Å². The van der Waals surface area contributed by atoms with Gasteiger partial charge in [-0.1, -0.05) is 64.1 Å². The quantitative estimate of drug-likeness (QED) is 0.172. The third-order valence-corrected chi connectivity index (χ3v) is 13.1. The summed E-state index contributed by atoms with van der Waals surface area (Å²) in [6, 6.07) is 35.9. The Kier molecular flexibility index (Phi) is 7.41. The molecule has 0 fully saturated rings. The van der Waals surface area contributed by atoms with Crippen LogP contribution in [0.1, 0.15) is 72.5 Å². The average Bonchev–Trinajstić information content (AvgIpc) is 3.85. The van der Waals surface area contributed by atoms with Gasteiger partial charge in [-0.3, -0.25) is 9.80 Å². The van der Waals surface area contributed by atoms with Gasteiger partial charge in [0.2, 0.25) is 0 Å². The highest BCUT2D eigenvalue weighted by Gasteiger charge is 2.43. The number of aromatic nitrogens is 2. The molecule has 2 aromatic heterocycles. The molecule has 0 spiro atoms. The first-order valence-corrected chi connectivity index (χ1v) is 19.7. The minimum atomic E-state index is -0.185. The molecule has 0 saturated carbocycles. The van der Waals surface area contributed by atoms with E-state index in [4.69, 9.17) is 9.97 Å². The van der Waals surface area contributed by atoms with Crippen LogP contribution in [0.3, 0.4) is 0 Å². The van der Waals surface area contributed by atoms with Crippen LogP contribution in [0.2, 0.25) is 0 Å². The van der Waals surface area contributed by atoms with Gasteiger partial charge in [0.05, 0.1) is 11.4 Å². The molecule has 5 aromatic carbocycles. The summed E-state index contributed by atoms with van der Waals surface area (Å²) in [6.45, 7) is 18.3. The SMILES string of the molecule is Cc1csc(N(c2ccccc2)c2cc(C)c3c(c2)C(C)(C)c2cc4c(cc2-3)C(C)(C)c2cc(N(c3ccccc3)c3nc(C)cs3)cc(C)c2-4)n1. The van der Waals surface area contributed by atoms with Crippen molar-refractivity contribution in [3.63, 3.8) is 0 Å². The first kappa shape index (κ1) is 32.8. The Balaban J connectivity index is 1.19. The van der Waals surface area contributed by atoms with E-state index in [2.05, 4.69) is 173 Å². The van der Waals surface area contributed by atoms with Crippen molar-refractivity contribution in [2.45, 2.75) is 66.2 Å². The normalized spacial score (nSPS) is 14.5. The van der Waals surface area contributed by atoms with Crippen LogP contribution in [-0.2, 0) is 10.8 Å². The van der Waals surface area contributed by atoms with Gasteiger partial charge in [-0.2, -0.15) is 0 Å². The predicted octanol–water partition coefficient (Wildman–Crippen LogP) is 13.4. The number of rotatable bonds is 6. The number of benzene rings is 5. The lowest BCUT2D eigenvalue weighted by molar-refractivity contribution is 0.652. The third kappa shape index (κ3) is 4.91. The Morgan fingerprint density at radius 1 is 0.462 bits per heavy atom. The minimum absolute atomic E-state index is 0.185. The molecule has 0 aliphatic heterocycles. The molecule has 7 aromatic rings. The van der Waals surface area contributed by atoms with Crippen molar-refractivity contribution in [2.75, 3.05) is 9.80 Å². The average molecular weight is 715 g/mol. The van der Waals surface area contributed by atoms with E-state index in [0.717, 1.165) is 44.4 Å². The fraction of sp³-hybridized carbons (Fsp3) is 0.217. The summed E-state index contributed by atoms with van der Waals surface area (Å²) in [7, 11) is 0. The van der Waals surface area contributed by atoms with Crippen LogP contribution in [0, 0.1) is 27.7 Å². The van der Waals surface area contributed by atoms with E-state index < -0.39 is 0 Å². The van der Waals surface area contributed by atoms with Crippen LogP contribution in [-0.4, -0.2) is 9.97 Å². The summed E-state index contributed by atoms with van der Waals surface area (Å²) in [5, 5.41) is 6.24. The maximum Gasteiger partial charge on any atom is 0.194 e. The Morgan fingerprint density at radius 2 is 0.846 bits per heavy atom. The number of fused-ring (bicyclic) bond motifs is 6. The molecule has 2 aliphatic rings. The van der Waals surface area contributed by atoms with Gasteiger partial charge in [-0.25, -0.2) is 9.97 Å². The summed E-state index contributed by atoms with van der Waals surface area (Å²) < 4.78 is 0. The summed E-state index contributed by atoms with van der Waals surface area (Å²) >= 11 is 3.39. The molecule has 4 nitrogen and oxygen atoms in total. The van der Waals surface area contributed by atoms with E-state index in [1.807, 2.05) is 0 Å². The molecule has 2 heterocycles. The van der Waals surface area contributed by atoms with Gasteiger partial charge in [0.1, 0.15) is 0 Å². The number of hydrogen-bond donors (Lipinski definition) is 0. The summed E-state index contributed by atoms with van der Waals surface area (Å²) in [5.41, 5.74) is 19.8. The van der Waals surface area contributed by atoms with Crippen molar-refractivity contribution < 1.29 is 0 Å². The van der Waals surface area contributed by atoms with Crippen molar-refractivity contribution in [1.29, 1.82) is 0 Å². The molecule has 6 heteroatoms. The lowest BCUT2D eigenvalue weighted by Gasteiger charge is -2.27. The number of thiazole rings is 2. The smallest absolute Gasteiger partial charge is 0.194 e. The van der Waals surface area contributed by atoms with Crippen molar-refractivity contribution >= 4 is 55.7 Å². The molecule has 258 valence electrons.